The SMILES string of the molecule is CC(CCO)NCCCNC(=O)OC(C)(C)C. The lowest BCUT2D eigenvalue weighted by atomic mass is 10.2. The number of aliphatic hydroxyl groups excluding tert-OH is 1. The second kappa shape index (κ2) is 8.31. The van der Waals surface area contributed by atoms with Crippen LogP contribution >= 0.6 is 0 Å². The number of nitrogens with one attached hydrogen (secondary N) is 2. The van der Waals surface area contributed by atoms with Crippen molar-refractivity contribution in [2.45, 2.75) is 52.2 Å². The van der Waals surface area contributed by atoms with Crippen molar-refractivity contribution in [2.75, 3.05) is 19.7 Å². The summed E-state index contributed by atoms with van der Waals surface area (Å²) in [4.78, 5) is 11.3. The molecular weight excluding hydrogens is 220 g/mol. The second-order valence-corrected chi connectivity index (χ2v) is 5.15. The van der Waals surface area contributed by atoms with Gasteiger partial charge in [0.05, 0.1) is 0 Å². The Labute approximate surface area is 104 Å². The summed E-state index contributed by atoms with van der Waals surface area (Å²) in [6.45, 7) is 9.15. The number of aliphatic hydroxyl groups is 1. The molecule has 0 rings (SSSR count). The number of amides is 1. The van der Waals surface area contributed by atoms with Gasteiger partial charge in [-0.2, -0.15) is 0 Å². The molecule has 17 heavy (non-hydrogen) atoms. The van der Waals surface area contributed by atoms with Gasteiger partial charge in [0.15, 0.2) is 0 Å². The van der Waals surface area contributed by atoms with Gasteiger partial charge in [0, 0.05) is 19.2 Å². The van der Waals surface area contributed by atoms with Gasteiger partial charge in [-0.15, -0.1) is 0 Å². The zero-order valence-electron chi connectivity index (χ0n) is 11.4. The van der Waals surface area contributed by atoms with Crippen LogP contribution in [0.15, 0.2) is 0 Å². The highest BCUT2D eigenvalue weighted by Crippen LogP contribution is 2.06. The Bertz CT molecular complexity index is 214. The molecule has 5 nitrogen and oxygen atoms in total. The Balaban J connectivity index is 3.43. The molecule has 0 aromatic heterocycles. The van der Waals surface area contributed by atoms with Gasteiger partial charge in [0.25, 0.3) is 0 Å². The summed E-state index contributed by atoms with van der Waals surface area (Å²) in [5.74, 6) is 0. The predicted molar refractivity (Wildman–Crippen MR) is 68.0 cm³/mol. The predicted octanol–water partition coefficient (Wildman–Crippen LogP) is 1.26. The van der Waals surface area contributed by atoms with Crippen molar-refractivity contribution in [1.29, 1.82) is 0 Å². The topological polar surface area (TPSA) is 70.6 Å². The van der Waals surface area contributed by atoms with Gasteiger partial charge in [-0.25, -0.2) is 4.79 Å². The Kier molecular flexibility index (Phi) is 7.91. The van der Waals surface area contributed by atoms with Gasteiger partial charge < -0.3 is 20.5 Å². The Morgan fingerprint density at radius 3 is 2.53 bits per heavy atom. The molecule has 0 radical (unpaired) electrons. The van der Waals surface area contributed by atoms with E-state index in [1.54, 1.807) is 0 Å². The first kappa shape index (κ1) is 16.2. The van der Waals surface area contributed by atoms with Gasteiger partial charge in [-0.3, -0.25) is 0 Å². The molecule has 0 aliphatic heterocycles. The second-order valence-electron chi connectivity index (χ2n) is 5.15. The fourth-order valence-corrected chi connectivity index (χ4v) is 1.24. The van der Waals surface area contributed by atoms with E-state index >= 15 is 0 Å². The lowest BCUT2D eigenvalue weighted by Crippen LogP contribution is -2.35. The molecule has 1 atom stereocenters. The number of ether oxygens (including phenoxy) is 1. The fourth-order valence-electron chi connectivity index (χ4n) is 1.24. The minimum Gasteiger partial charge on any atom is -0.444 e. The summed E-state index contributed by atoms with van der Waals surface area (Å²) in [5, 5.41) is 14.7. The van der Waals surface area contributed by atoms with Crippen LogP contribution < -0.4 is 10.6 Å². The van der Waals surface area contributed by atoms with Crippen LogP contribution in [0.3, 0.4) is 0 Å². The van der Waals surface area contributed by atoms with E-state index in [0.29, 0.717) is 12.6 Å². The number of alkyl carbamates (subject to hydrolysis) is 1. The zero-order chi connectivity index (χ0) is 13.3. The summed E-state index contributed by atoms with van der Waals surface area (Å²) < 4.78 is 5.10. The standard InChI is InChI=1S/C12H26N2O3/c1-10(6-9-15)13-7-5-8-14-11(16)17-12(2,3)4/h10,13,15H,5-9H2,1-4H3,(H,14,16). The maximum atomic E-state index is 11.3. The third-order valence-electron chi connectivity index (χ3n) is 2.08. The number of carbonyl (C=O) groups is 1. The molecule has 0 aromatic carbocycles. The quantitative estimate of drug-likeness (QED) is 0.591. The van der Waals surface area contributed by atoms with Crippen LogP contribution in [0.1, 0.15) is 40.5 Å². The molecule has 5 heteroatoms. The van der Waals surface area contributed by atoms with Gasteiger partial charge >= 0.3 is 6.09 Å². The molecule has 0 saturated carbocycles. The fraction of sp³-hybridized carbons (Fsp3) is 0.917. The monoisotopic (exact) mass is 246 g/mol. The van der Waals surface area contributed by atoms with Crippen molar-refractivity contribution in [2.24, 2.45) is 0 Å². The molecule has 0 fully saturated rings. The highest BCUT2D eigenvalue weighted by molar-refractivity contribution is 5.67. The summed E-state index contributed by atoms with van der Waals surface area (Å²) >= 11 is 0. The van der Waals surface area contributed by atoms with E-state index in [-0.39, 0.29) is 12.7 Å². The summed E-state index contributed by atoms with van der Waals surface area (Å²) in [6, 6.07) is 0.307. The minimum absolute atomic E-state index is 0.199. The van der Waals surface area contributed by atoms with Crippen molar-refractivity contribution in [3.8, 4) is 0 Å². The number of rotatable bonds is 7. The molecule has 0 aliphatic carbocycles. The number of hydrogen-bond acceptors (Lipinski definition) is 4. The summed E-state index contributed by atoms with van der Waals surface area (Å²) in [5.41, 5.74) is -0.446. The molecule has 1 unspecified atom stereocenters. The molecule has 0 heterocycles. The van der Waals surface area contributed by atoms with E-state index in [1.165, 1.54) is 0 Å². The molecule has 1 amide bonds. The van der Waals surface area contributed by atoms with E-state index in [1.807, 2.05) is 27.7 Å². The summed E-state index contributed by atoms with van der Waals surface area (Å²) in [6.07, 6.45) is 1.22. The first-order valence-electron chi connectivity index (χ1n) is 6.16. The first-order chi connectivity index (χ1) is 7.85. The van der Waals surface area contributed by atoms with Crippen LogP contribution in [0.4, 0.5) is 4.79 Å². The molecule has 0 spiro atoms. The molecule has 3 N–H and O–H groups in total. The van der Waals surface area contributed by atoms with E-state index in [0.717, 1.165) is 19.4 Å². The normalized spacial score (nSPS) is 13.2. The maximum Gasteiger partial charge on any atom is 0.407 e. The molecular formula is C12H26N2O3. The van der Waals surface area contributed by atoms with Crippen molar-refractivity contribution in [3.05, 3.63) is 0 Å². The van der Waals surface area contributed by atoms with Crippen molar-refractivity contribution >= 4 is 6.09 Å². The van der Waals surface area contributed by atoms with E-state index in [2.05, 4.69) is 10.6 Å². The van der Waals surface area contributed by atoms with Gasteiger partial charge in [0.1, 0.15) is 5.60 Å². The minimum atomic E-state index is -0.446. The van der Waals surface area contributed by atoms with Crippen LogP contribution in [-0.4, -0.2) is 42.5 Å². The average Bonchev–Trinajstić information content (AvgIpc) is 2.14. The average molecular weight is 246 g/mol. The largest absolute Gasteiger partial charge is 0.444 e. The number of hydrogen-bond donors (Lipinski definition) is 3. The van der Waals surface area contributed by atoms with E-state index in [9.17, 15) is 4.79 Å². The molecule has 0 bridgehead atoms. The third kappa shape index (κ3) is 11.5. The van der Waals surface area contributed by atoms with Crippen molar-refractivity contribution in [3.63, 3.8) is 0 Å². The van der Waals surface area contributed by atoms with Gasteiger partial charge in [-0.05, 0) is 47.1 Å². The van der Waals surface area contributed by atoms with Crippen LogP contribution in [0.5, 0.6) is 0 Å². The third-order valence-corrected chi connectivity index (χ3v) is 2.08. The lowest BCUT2D eigenvalue weighted by Gasteiger charge is -2.19. The van der Waals surface area contributed by atoms with Crippen LogP contribution in [0.25, 0.3) is 0 Å². The van der Waals surface area contributed by atoms with Crippen LogP contribution in [0.2, 0.25) is 0 Å². The first-order valence-corrected chi connectivity index (χ1v) is 6.16. The summed E-state index contributed by atoms with van der Waals surface area (Å²) in [7, 11) is 0. The molecule has 102 valence electrons. The highest BCUT2D eigenvalue weighted by atomic mass is 16.6. The zero-order valence-corrected chi connectivity index (χ0v) is 11.4. The Morgan fingerprint density at radius 1 is 1.35 bits per heavy atom. The van der Waals surface area contributed by atoms with Gasteiger partial charge in [0.2, 0.25) is 0 Å². The van der Waals surface area contributed by atoms with Crippen molar-refractivity contribution in [1.82, 2.24) is 10.6 Å². The highest BCUT2D eigenvalue weighted by Gasteiger charge is 2.15. The molecule has 0 aromatic rings. The number of carbonyl (C=O) groups excluding carboxylic acids is 1. The van der Waals surface area contributed by atoms with Crippen LogP contribution in [0, 0.1) is 0 Å². The van der Waals surface area contributed by atoms with E-state index in [4.69, 9.17) is 9.84 Å². The smallest absolute Gasteiger partial charge is 0.407 e. The molecule has 0 aliphatic rings. The maximum absolute atomic E-state index is 11.3. The van der Waals surface area contributed by atoms with Gasteiger partial charge in [-0.1, -0.05) is 0 Å². The Hall–Kier alpha value is -0.810. The van der Waals surface area contributed by atoms with Crippen LogP contribution in [-0.2, 0) is 4.74 Å². The Morgan fingerprint density at radius 2 is 2.00 bits per heavy atom. The molecule has 0 saturated heterocycles. The van der Waals surface area contributed by atoms with E-state index < -0.39 is 5.60 Å². The lowest BCUT2D eigenvalue weighted by molar-refractivity contribution is 0.0527. The van der Waals surface area contributed by atoms with Crippen molar-refractivity contribution < 1.29 is 14.6 Å².